The molecule has 1 heterocycles. The molecule has 18 heavy (non-hydrogen) atoms. The molecule has 3 heteroatoms. The van der Waals surface area contributed by atoms with E-state index in [-0.39, 0.29) is 6.04 Å². The number of rotatable bonds is 3. The van der Waals surface area contributed by atoms with Crippen LogP contribution in [0.1, 0.15) is 16.5 Å². The van der Waals surface area contributed by atoms with Crippen LogP contribution in [-0.2, 0) is 0 Å². The SMILES string of the molecule is NNC(c1cccs1)c1cccc2ccccc12. The minimum Gasteiger partial charge on any atom is -0.271 e. The Hall–Kier alpha value is -1.68. The number of hydrogen-bond donors (Lipinski definition) is 2. The Morgan fingerprint density at radius 3 is 2.56 bits per heavy atom. The molecule has 3 aromatic rings. The molecule has 0 aliphatic heterocycles. The molecule has 2 nitrogen and oxygen atoms in total. The zero-order valence-corrected chi connectivity index (χ0v) is 10.7. The van der Waals surface area contributed by atoms with Gasteiger partial charge in [-0.3, -0.25) is 5.84 Å². The van der Waals surface area contributed by atoms with Crippen molar-refractivity contribution >= 4 is 22.1 Å². The Labute approximate surface area is 110 Å². The summed E-state index contributed by atoms with van der Waals surface area (Å²) in [4.78, 5) is 1.23. The molecule has 0 saturated heterocycles. The van der Waals surface area contributed by atoms with E-state index in [9.17, 15) is 0 Å². The van der Waals surface area contributed by atoms with E-state index >= 15 is 0 Å². The second-order valence-electron chi connectivity index (χ2n) is 4.18. The van der Waals surface area contributed by atoms with Gasteiger partial charge in [-0.2, -0.15) is 0 Å². The van der Waals surface area contributed by atoms with Crippen LogP contribution in [0.15, 0.2) is 60.0 Å². The molecular weight excluding hydrogens is 240 g/mol. The van der Waals surface area contributed by atoms with E-state index in [2.05, 4.69) is 65.4 Å². The van der Waals surface area contributed by atoms with Gasteiger partial charge in [0.25, 0.3) is 0 Å². The van der Waals surface area contributed by atoms with Gasteiger partial charge in [0.15, 0.2) is 0 Å². The molecule has 2 aromatic carbocycles. The Bertz CT molecular complexity index is 641. The molecule has 3 rings (SSSR count). The van der Waals surface area contributed by atoms with Crippen LogP contribution in [0.3, 0.4) is 0 Å². The molecule has 0 amide bonds. The quantitative estimate of drug-likeness (QED) is 0.555. The first kappa shape index (κ1) is 11.4. The third-order valence-electron chi connectivity index (χ3n) is 3.13. The number of nitrogens with one attached hydrogen (secondary N) is 1. The average Bonchev–Trinajstić information content (AvgIpc) is 2.94. The lowest BCUT2D eigenvalue weighted by molar-refractivity contribution is 0.651. The monoisotopic (exact) mass is 254 g/mol. The van der Waals surface area contributed by atoms with E-state index in [0.717, 1.165) is 0 Å². The molecule has 0 aliphatic rings. The summed E-state index contributed by atoms with van der Waals surface area (Å²) in [6, 6.07) is 18.9. The Kier molecular flexibility index (Phi) is 3.11. The van der Waals surface area contributed by atoms with Gasteiger partial charge in [-0.25, -0.2) is 5.43 Å². The first-order valence-electron chi connectivity index (χ1n) is 5.87. The summed E-state index contributed by atoms with van der Waals surface area (Å²) in [5.41, 5.74) is 4.14. The fourth-order valence-corrected chi connectivity index (χ4v) is 3.09. The van der Waals surface area contributed by atoms with Crippen molar-refractivity contribution in [3.8, 4) is 0 Å². The van der Waals surface area contributed by atoms with Crippen LogP contribution in [0.2, 0.25) is 0 Å². The van der Waals surface area contributed by atoms with E-state index in [1.165, 1.54) is 21.2 Å². The topological polar surface area (TPSA) is 38.0 Å². The van der Waals surface area contributed by atoms with Gasteiger partial charge in [0.1, 0.15) is 0 Å². The van der Waals surface area contributed by atoms with Gasteiger partial charge in [0, 0.05) is 4.88 Å². The van der Waals surface area contributed by atoms with Crippen molar-refractivity contribution in [3.63, 3.8) is 0 Å². The molecule has 0 aliphatic carbocycles. The van der Waals surface area contributed by atoms with Crippen molar-refractivity contribution in [1.29, 1.82) is 0 Å². The second-order valence-corrected chi connectivity index (χ2v) is 5.16. The minimum atomic E-state index is 0.0519. The highest BCUT2D eigenvalue weighted by Crippen LogP contribution is 2.30. The second kappa shape index (κ2) is 4.90. The number of hydrogen-bond acceptors (Lipinski definition) is 3. The fraction of sp³-hybridized carbons (Fsp3) is 0.0667. The first-order valence-corrected chi connectivity index (χ1v) is 6.75. The van der Waals surface area contributed by atoms with Gasteiger partial charge in [-0.05, 0) is 27.8 Å². The standard InChI is InChI=1S/C15H14N2S/c16-17-15(14-9-4-10-18-14)13-8-3-6-11-5-1-2-7-12(11)13/h1-10,15,17H,16H2. The number of nitrogens with two attached hydrogens (primary N) is 1. The largest absolute Gasteiger partial charge is 0.271 e. The summed E-state index contributed by atoms with van der Waals surface area (Å²) in [6.07, 6.45) is 0. The van der Waals surface area contributed by atoms with Crippen LogP contribution in [0.4, 0.5) is 0 Å². The Balaban J connectivity index is 2.18. The van der Waals surface area contributed by atoms with Gasteiger partial charge >= 0.3 is 0 Å². The molecule has 0 fully saturated rings. The molecule has 3 N–H and O–H groups in total. The number of benzene rings is 2. The van der Waals surface area contributed by atoms with Crippen molar-refractivity contribution in [1.82, 2.24) is 5.43 Å². The molecular formula is C15H14N2S. The van der Waals surface area contributed by atoms with Gasteiger partial charge in [-0.15, -0.1) is 11.3 Å². The average molecular weight is 254 g/mol. The van der Waals surface area contributed by atoms with Crippen molar-refractivity contribution < 1.29 is 0 Å². The fourth-order valence-electron chi connectivity index (χ4n) is 2.28. The summed E-state index contributed by atoms with van der Waals surface area (Å²) in [7, 11) is 0. The minimum absolute atomic E-state index is 0.0519. The van der Waals surface area contributed by atoms with Crippen molar-refractivity contribution in [2.24, 2.45) is 5.84 Å². The molecule has 1 aromatic heterocycles. The summed E-state index contributed by atoms with van der Waals surface area (Å²) < 4.78 is 0. The van der Waals surface area contributed by atoms with E-state index in [0.29, 0.717) is 0 Å². The lowest BCUT2D eigenvalue weighted by Gasteiger charge is -2.17. The molecule has 0 spiro atoms. The maximum absolute atomic E-state index is 5.74. The van der Waals surface area contributed by atoms with Gasteiger partial charge in [0.2, 0.25) is 0 Å². The molecule has 90 valence electrons. The summed E-state index contributed by atoms with van der Waals surface area (Å²) in [5, 5.41) is 4.56. The number of thiophene rings is 1. The van der Waals surface area contributed by atoms with Crippen molar-refractivity contribution in [3.05, 3.63) is 70.4 Å². The third kappa shape index (κ3) is 1.93. The van der Waals surface area contributed by atoms with Crippen LogP contribution in [0.5, 0.6) is 0 Å². The lowest BCUT2D eigenvalue weighted by atomic mass is 9.98. The highest BCUT2D eigenvalue weighted by atomic mass is 32.1. The lowest BCUT2D eigenvalue weighted by Crippen LogP contribution is -2.28. The summed E-state index contributed by atoms with van der Waals surface area (Å²) in [6.45, 7) is 0. The Morgan fingerprint density at radius 1 is 0.944 bits per heavy atom. The molecule has 1 atom stereocenters. The van der Waals surface area contributed by atoms with Crippen LogP contribution in [0, 0.1) is 0 Å². The highest BCUT2D eigenvalue weighted by Gasteiger charge is 2.15. The third-order valence-corrected chi connectivity index (χ3v) is 4.07. The maximum atomic E-state index is 5.74. The van der Waals surface area contributed by atoms with Crippen molar-refractivity contribution in [2.75, 3.05) is 0 Å². The number of fused-ring (bicyclic) bond motifs is 1. The molecule has 1 unspecified atom stereocenters. The predicted molar refractivity (Wildman–Crippen MR) is 77.4 cm³/mol. The maximum Gasteiger partial charge on any atom is 0.0808 e. The smallest absolute Gasteiger partial charge is 0.0808 e. The van der Waals surface area contributed by atoms with Crippen LogP contribution in [-0.4, -0.2) is 0 Å². The Morgan fingerprint density at radius 2 is 1.78 bits per heavy atom. The van der Waals surface area contributed by atoms with E-state index in [4.69, 9.17) is 5.84 Å². The van der Waals surface area contributed by atoms with Crippen LogP contribution in [0.25, 0.3) is 10.8 Å². The summed E-state index contributed by atoms with van der Waals surface area (Å²) in [5.74, 6) is 5.74. The van der Waals surface area contributed by atoms with Crippen molar-refractivity contribution in [2.45, 2.75) is 6.04 Å². The first-order chi connectivity index (χ1) is 8.90. The predicted octanol–water partition coefficient (Wildman–Crippen LogP) is 3.45. The highest BCUT2D eigenvalue weighted by molar-refractivity contribution is 7.10. The van der Waals surface area contributed by atoms with E-state index in [1.807, 2.05) is 0 Å². The van der Waals surface area contributed by atoms with Crippen LogP contribution < -0.4 is 11.3 Å². The van der Waals surface area contributed by atoms with E-state index in [1.54, 1.807) is 11.3 Å². The molecule has 0 radical (unpaired) electrons. The number of hydrazine groups is 1. The van der Waals surface area contributed by atoms with Crippen LogP contribution >= 0.6 is 11.3 Å². The molecule has 0 saturated carbocycles. The van der Waals surface area contributed by atoms with Gasteiger partial charge in [-0.1, -0.05) is 48.5 Å². The normalized spacial score (nSPS) is 12.7. The zero-order chi connectivity index (χ0) is 12.4. The van der Waals surface area contributed by atoms with Gasteiger partial charge < -0.3 is 0 Å². The molecule has 0 bridgehead atoms. The summed E-state index contributed by atoms with van der Waals surface area (Å²) >= 11 is 1.72. The zero-order valence-electron chi connectivity index (χ0n) is 9.84. The van der Waals surface area contributed by atoms with Gasteiger partial charge in [0.05, 0.1) is 6.04 Å². The van der Waals surface area contributed by atoms with E-state index < -0.39 is 0 Å².